The standard InChI is InChI=1S/C6H17N2.C3H6O2/c1-8(2,3)6-4-5-7;1-2-3(4)5/h4-7H2,1-3H3;2H2,1H3,(H,4,5)/q+1;/p-1. The molecule has 0 spiro atoms. The lowest BCUT2D eigenvalue weighted by molar-refractivity contribution is -0.870. The molecule has 0 unspecified atom stereocenters. The van der Waals surface area contributed by atoms with Crippen molar-refractivity contribution in [1.82, 2.24) is 0 Å². The average Bonchev–Trinajstić information content (AvgIpc) is 2.00. The Morgan fingerprint density at radius 3 is 1.85 bits per heavy atom. The molecule has 0 amide bonds. The highest BCUT2D eigenvalue weighted by molar-refractivity contribution is 5.63. The van der Waals surface area contributed by atoms with Crippen LogP contribution in [0.15, 0.2) is 0 Å². The van der Waals surface area contributed by atoms with Gasteiger partial charge in [-0.15, -0.1) is 0 Å². The largest absolute Gasteiger partial charge is 0.550 e. The molecule has 80 valence electrons. The first-order valence-electron chi connectivity index (χ1n) is 4.54. The molecule has 0 aliphatic heterocycles. The van der Waals surface area contributed by atoms with Gasteiger partial charge in [0.1, 0.15) is 0 Å². The van der Waals surface area contributed by atoms with Crippen LogP contribution in [-0.2, 0) is 4.79 Å². The molecule has 0 fully saturated rings. The molecule has 4 heteroatoms. The number of aliphatic carboxylic acids is 1. The molecule has 4 nitrogen and oxygen atoms in total. The van der Waals surface area contributed by atoms with Crippen molar-refractivity contribution < 1.29 is 14.4 Å². The molecule has 0 radical (unpaired) electrons. The maximum Gasteiger partial charge on any atom is 0.0792 e. The number of quaternary nitrogens is 1. The molecule has 2 N–H and O–H groups in total. The zero-order chi connectivity index (χ0) is 10.9. The van der Waals surface area contributed by atoms with Gasteiger partial charge in [-0.2, -0.15) is 0 Å². The van der Waals surface area contributed by atoms with Gasteiger partial charge in [-0.05, 0) is 13.0 Å². The summed E-state index contributed by atoms with van der Waals surface area (Å²) in [6, 6.07) is 0. The minimum absolute atomic E-state index is 0.111. The van der Waals surface area contributed by atoms with Crippen LogP contribution >= 0.6 is 0 Å². The first-order chi connectivity index (χ1) is 5.83. The lowest BCUT2D eigenvalue weighted by Gasteiger charge is -2.23. The van der Waals surface area contributed by atoms with Gasteiger partial charge >= 0.3 is 0 Å². The highest BCUT2D eigenvalue weighted by Gasteiger charge is 2.03. The summed E-state index contributed by atoms with van der Waals surface area (Å²) >= 11 is 0. The monoisotopic (exact) mass is 190 g/mol. The second kappa shape index (κ2) is 8.01. The fourth-order valence-electron chi connectivity index (χ4n) is 0.566. The van der Waals surface area contributed by atoms with Gasteiger partial charge in [-0.25, -0.2) is 0 Å². The topological polar surface area (TPSA) is 66.1 Å². The van der Waals surface area contributed by atoms with Crippen molar-refractivity contribution in [3.8, 4) is 0 Å². The summed E-state index contributed by atoms with van der Waals surface area (Å²) in [6.07, 6.45) is 1.24. The molecular formula is C9H22N2O2. The number of nitrogens with two attached hydrogens (primary N) is 1. The van der Waals surface area contributed by atoms with Crippen molar-refractivity contribution in [1.29, 1.82) is 0 Å². The summed E-state index contributed by atoms with van der Waals surface area (Å²) in [5, 5.41) is 9.26. The van der Waals surface area contributed by atoms with E-state index in [9.17, 15) is 9.90 Å². The number of rotatable bonds is 4. The van der Waals surface area contributed by atoms with Crippen LogP contribution in [0.25, 0.3) is 0 Å². The average molecular weight is 190 g/mol. The minimum atomic E-state index is -0.995. The van der Waals surface area contributed by atoms with Gasteiger partial charge in [0.15, 0.2) is 0 Å². The highest BCUT2D eigenvalue weighted by atomic mass is 16.4. The van der Waals surface area contributed by atoms with Gasteiger partial charge in [0.05, 0.1) is 27.7 Å². The van der Waals surface area contributed by atoms with E-state index in [0.29, 0.717) is 0 Å². The van der Waals surface area contributed by atoms with Crippen molar-refractivity contribution in [2.45, 2.75) is 19.8 Å². The second-order valence-electron chi connectivity index (χ2n) is 3.88. The zero-order valence-corrected chi connectivity index (χ0v) is 9.17. The third-order valence-corrected chi connectivity index (χ3v) is 1.32. The Balaban J connectivity index is 0. The van der Waals surface area contributed by atoms with Crippen LogP contribution in [0.4, 0.5) is 0 Å². The quantitative estimate of drug-likeness (QED) is 0.589. The van der Waals surface area contributed by atoms with E-state index >= 15 is 0 Å². The smallest absolute Gasteiger partial charge is 0.0792 e. The van der Waals surface area contributed by atoms with Crippen LogP contribution in [0.2, 0.25) is 0 Å². The summed E-state index contributed by atoms with van der Waals surface area (Å²) in [5.41, 5.74) is 5.33. The van der Waals surface area contributed by atoms with Gasteiger partial charge in [0, 0.05) is 12.4 Å². The van der Waals surface area contributed by atoms with E-state index in [1.54, 1.807) is 0 Å². The van der Waals surface area contributed by atoms with Crippen LogP contribution in [0, 0.1) is 0 Å². The van der Waals surface area contributed by atoms with Gasteiger partial charge < -0.3 is 20.1 Å². The molecule has 0 saturated carbocycles. The molecular weight excluding hydrogens is 168 g/mol. The molecule has 0 aromatic heterocycles. The number of carboxylic acid groups (broad SMARTS) is 1. The molecule has 0 aromatic rings. The van der Waals surface area contributed by atoms with Gasteiger partial charge in [0.2, 0.25) is 0 Å². The molecule has 0 aliphatic carbocycles. The van der Waals surface area contributed by atoms with Crippen molar-refractivity contribution in [3.05, 3.63) is 0 Å². The third kappa shape index (κ3) is 24.6. The summed E-state index contributed by atoms with van der Waals surface area (Å²) in [7, 11) is 6.53. The van der Waals surface area contributed by atoms with Crippen LogP contribution in [0.3, 0.4) is 0 Å². The number of carbonyl (C=O) groups is 1. The predicted molar refractivity (Wildman–Crippen MR) is 51.9 cm³/mol. The number of hydrogen-bond donors (Lipinski definition) is 1. The van der Waals surface area contributed by atoms with Gasteiger partial charge in [-0.3, -0.25) is 0 Å². The Morgan fingerprint density at radius 2 is 1.77 bits per heavy atom. The van der Waals surface area contributed by atoms with E-state index in [0.717, 1.165) is 17.4 Å². The van der Waals surface area contributed by atoms with E-state index in [1.807, 2.05) is 0 Å². The van der Waals surface area contributed by atoms with Crippen LogP contribution < -0.4 is 10.8 Å². The number of hydrogen-bond acceptors (Lipinski definition) is 3. The number of carboxylic acids is 1. The summed E-state index contributed by atoms with van der Waals surface area (Å²) in [4.78, 5) is 9.26. The first-order valence-corrected chi connectivity index (χ1v) is 4.54. The summed E-state index contributed by atoms with van der Waals surface area (Å²) < 4.78 is 1.02. The molecule has 0 heterocycles. The number of nitrogens with zero attached hydrogens (tertiary/aromatic N) is 1. The van der Waals surface area contributed by atoms with Crippen LogP contribution in [0.1, 0.15) is 19.8 Å². The Kier molecular flexibility index (Phi) is 9.17. The summed E-state index contributed by atoms with van der Waals surface area (Å²) in [6.45, 7) is 3.53. The number of carbonyl (C=O) groups excluding carboxylic acids is 1. The van der Waals surface area contributed by atoms with E-state index < -0.39 is 5.97 Å². The van der Waals surface area contributed by atoms with E-state index in [1.165, 1.54) is 13.5 Å². The van der Waals surface area contributed by atoms with Crippen molar-refractivity contribution in [3.63, 3.8) is 0 Å². The molecule has 0 rings (SSSR count). The van der Waals surface area contributed by atoms with Crippen molar-refractivity contribution in [2.75, 3.05) is 34.2 Å². The van der Waals surface area contributed by atoms with E-state index in [4.69, 9.17) is 5.73 Å². The van der Waals surface area contributed by atoms with Crippen LogP contribution in [-0.4, -0.2) is 44.7 Å². The lowest BCUT2D eigenvalue weighted by Crippen LogP contribution is -2.36. The fraction of sp³-hybridized carbons (Fsp3) is 0.889. The SMILES string of the molecule is CCC(=O)[O-].C[N+](C)(C)CCCN. The second-order valence-corrected chi connectivity index (χ2v) is 3.88. The Bertz CT molecular complexity index is 130. The zero-order valence-electron chi connectivity index (χ0n) is 9.17. The maximum atomic E-state index is 9.26. The predicted octanol–water partition coefficient (Wildman–Crippen LogP) is -0.812. The van der Waals surface area contributed by atoms with E-state index in [2.05, 4.69) is 21.1 Å². The lowest BCUT2D eigenvalue weighted by atomic mass is 10.4. The fourth-order valence-corrected chi connectivity index (χ4v) is 0.566. The Morgan fingerprint density at radius 1 is 1.38 bits per heavy atom. The van der Waals surface area contributed by atoms with E-state index in [-0.39, 0.29) is 6.42 Å². The first kappa shape index (κ1) is 14.9. The molecule has 0 bridgehead atoms. The minimum Gasteiger partial charge on any atom is -0.550 e. The molecule has 0 aliphatic rings. The summed E-state index contributed by atoms with van der Waals surface area (Å²) in [5.74, 6) is -0.995. The van der Waals surface area contributed by atoms with Gasteiger partial charge in [0.25, 0.3) is 0 Å². The Labute approximate surface area is 80.9 Å². The Hall–Kier alpha value is -0.610. The maximum absolute atomic E-state index is 9.26. The highest BCUT2D eigenvalue weighted by Crippen LogP contribution is 1.90. The molecule has 0 aromatic carbocycles. The molecule has 0 atom stereocenters. The van der Waals surface area contributed by atoms with Crippen LogP contribution in [0.5, 0.6) is 0 Å². The molecule has 0 saturated heterocycles. The van der Waals surface area contributed by atoms with Crippen molar-refractivity contribution >= 4 is 5.97 Å². The molecule has 13 heavy (non-hydrogen) atoms. The third-order valence-electron chi connectivity index (χ3n) is 1.32. The van der Waals surface area contributed by atoms with Gasteiger partial charge in [-0.1, -0.05) is 6.92 Å². The normalized spacial score (nSPS) is 10.2. The van der Waals surface area contributed by atoms with Crippen molar-refractivity contribution in [2.24, 2.45) is 5.73 Å².